The maximum atomic E-state index is 4.40. The Morgan fingerprint density at radius 2 is 1.74 bits per heavy atom. The van der Waals surface area contributed by atoms with Gasteiger partial charge in [-0.3, -0.25) is 0 Å². The number of nitrogens with zero attached hydrogens (tertiary/aromatic N) is 2. The fraction of sp³-hybridized carbons (Fsp3) is 0.125. The van der Waals surface area contributed by atoms with E-state index < -0.39 is 0 Å². The van der Waals surface area contributed by atoms with E-state index in [-0.39, 0.29) is 0 Å². The number of fused-ring (bicyclic) bond motifs is 1. The van der Waals surface area contributed by atoms with Gasteiger partial charge in [-0.05, 0) is 37.6 Å². The largest absolute Gasteiger partial charge is 0.357 e. The first kappa shape index (κ1) is 11.7. The fourth-order valence-corrected chi connectivity index (χ4v) is 2.19. The van der Waals surface area contributed by atoms with Crippen LogP contribution in [-0.4, -0.2) is 4.98 Å². The highest BCUT2D eigenvalue weighted by molar-refractivity contribution is 5.92. The molecule has 3 heteroatoms. The van der Waals surface area contributed by atoms with E-state index >= 15 is 0 Å². The lowest BCUT2D eigenvalue weighted by Crippen LogP contribution is -1.70. The average molecular weight is 249 g/mol. The minimum absolute atomic E-state index is 0.879. The van der Waals surface area contributed by atoms with Gasteiger partial charge in [-0.2, -0.15) is 5.11 Å². The van der Waals surface area contributed by atoms with Crippen LogP contribution in [0.2, 0.25) is 0 Å². The molecule has 0 atom stereocenters. The zero-order chi connectivity index (χ0) is 13.2. The molecule has 94 valence electrons. The number of hydrogen-bond acceptors (Lipinski definition) is 2. The molecule has 0 aliphatic carbocycles. The molecule has 0 aliphatic heterocycles. The number of H-pyrrole nitrogens is 1. The van der Waals surface area contributed by atoms with Crippen molar-refractivity contribution in [3.63, 3.8) is 0 Å². The summed E-state index contributed by atoms with van der Waals surface area (Å²) < 4.78 is 0. The van der Waals surface area contributed by atoms with Crippen LogP contribution in [0.3, 0.4) is 0 Å². The molecule has 0 saturated heterocycles. The number of aromatic nitrogens is 1. The van der Waals surface area contributed by atoms with Crippen molar-refractivity contribution in [3.05, 3.63) is 59.8 Å². The van der Waals surface area contributed by atoms with Crippen LogP contribution in [-0.2, 0) is 0 Å². The Hall–Kier alpha value is -2.42. The van der Waals surface area contributed by atoms with Crippen LogP contribution in [0.25, 0.3) is 10.9 Å². The van der Waals surface area contributed by atoms with Gasteiger partial charge < -0.3 is 4.98 Å². The van der Waals surface area contributed by atoms with Crippen LogP contribution in [0.4, 0.5) is 11.4 Å². The van der Waals surface area contributed by atoms with Crippen molar-refractivity contribution in [1.29, 1.82) is 0 Å². The summed E-state index contributed by atoms with van der Waals surface area (Å²) in [4.78, 5) is 3.32. The summed E-state index contributed by atoms with van der Waals surface area (Å²) in [5.74, 6) is 0. The van der Waals surface area contributed by atoms with E-state index in [1.165, 1.54) is 5.56 Å². The van der Waals surface area contributed by atoms with Gasteiger partial charge in [-0.15, -0.1) is 5.11 Å². The smallest absolute Gasteiger partial charge is 0.114 e. The number of nitrogens with one attached hydrogen (secondary N) is 1. The van der Waals surface area contributed by atoms with Gasteiger partial charge in [0, 0.05) is 16.6 Å². The lowest BCUT2D eigenvalue weighted by Gasteiger charge is -1.95. The Morgan fingerprint density at radius 1 is 0.895 bits per heavy atom. The molecule has 2 aromatic carbocycles. The second kappa shape index (κ2) is 4.69. The Labute approximate surface area is 112 Å². The summed E-state index contributed by atoms with van der Waals surface area (Å²) in [5, 5.41) is 9.83. The zero-order valence-electron chi connectivity index (χ0n) is 11.0. The van der Waals surface area contributed by atoms with Crippen LogP contribution >= 0.6 is 0 Å². The first-order chi connectivity index (χ1) is 9.24. The molecule has 0 amide bonds. The van der Waals surface area contributed by atoms with Crippen LogP contribution in [0, 0.1) is 13.8 Å². The Kier molecular flexibility index (Phi) is 2.88. The van der Waals surface area contributed by atoms with E-state index in [2.05, 4.69) is 34.3 Å². The maximum absolute atomic E-state index is 4.40. The number of rotatable bonds is 2. The number of hydrogen-bond donors (Lipinski definition) is 1. The fourth-order valence-electron chi connectivity index (χ4n) is 2.19. The Balaban J connectivity index is 2.03. The monoisotopic (exact) mass is 249 g/mol. The number of azo groups is 1. The van der Waals surface area contributed by atoms with Gasteiger partial charge in [-0.1, -0.05) is 30.3 Å². The molecule has 19 heavy (non-hydrogen) atoms. The highest BCUT2D eigenvalue weighted by Crippen LogP contribution is 2.31. The summed E-state index contributed by atoms with van der Waals surface area (Å²) in [5.41, 5.74) is 5.12. The predicted octanol–water partition coefficient (Wildman–Crippen LogP) is 5.20. The topological polar surface area (TPSA) is 40.5 Å². The van der Waals surface area contributed by atoms with Gasteiger partial charge in [0.05, 0.1) is 5.69 Å². The minimum atomic E-state index is 0.879. The van der Waals surface area contributed by atoms with Crippen LogP contribution in [0.15, 0.2) is 58.8 Å². The van der Waals surface area contributed by atoms with Gasteiger partial charge in [0.15, 0.2) is 0 Å². The third-order valence-electron chi connectivity index (χ3n) is 3.13. The first-order valence-corrected chi connectivity index (χ1v) is 6.30. The quantitative estimate of drug-likeness (QED) is 0.606. The molecular formula is C16H15N3. The van der Waals surface area contributed by atoms with Gasteiger partial charge in [0.2, 0.25) is 0 Å². The number of para-hydroxylation sites is 1. The standard InChI is InChI=1S/C16H15N3/c1-11-6-5-7-13(10-11)18-19-16-12(2)17-15-9-4-3-8-14(15)16/h3-10,17H,1-2H3. The van der Waals surface area contributed by atoms with Crippen molar-refractivity contribution >= 4 is 22.3 Å². The molecule has 0 fully saturated rings. The van der Waals surface area contributed by atoms with E-state index in [0.29, 0.717) is 0 Å². The molecule has 0 spiro atoms. The van der Waals surface area contributed by atoms with E-state index in [4.69, 9.17) is 0 Å². The molecule has 3 nitrogen and oxygen atoms in total. The summed E-state index contributed by atoms with van der Waals surface area (Å²) in [6.07, 6.45) is 0. The highest BCUT2D eigenvalue weighted by atomic mass is 15.1. The SMILES string of the molecule is Cc1cccc(N=Nc2c(C)[nH]c3ccccc23)c1. The predicted molar refractivity (Wildman–Crippen MR) is 78.4 cm³/mol. The summed E-state index contributed by atoms with van der Waals surface area (Å²) in [6.45, 7) is 4.07. The van der Waals surface area contributed by atoms with E-state index in [9.17, 15) is 0 Å². The second-order valence-corrected chi connectivity index (χ2v) is 4.68. The van der Waals surface area contributed by atoms with E-state index in [0.717, 1.165) is 28.0 Å². The van der Waals surface area contributed by atoms with Crippen molar-refractivity contribution in [2.45, 2.75) is 13.8 Å². The normalized spacial score (nSPS) is 11.5. The first-order valence-electron chi connectivity index (χ1n) is 6.30. The molecule has 0 radical (unpaired) electrons. The summed E-state index contributed by atoms with van der Waals surface area (Å²) >= 11 is 0. The van der Waals surface area contributed by atoms with Crippen LogP contribution < -0.4 is 0 Å². The van der Waals surface area contributed by atoms with Crippen molar-refractivity contribution < 1.29 is 0 Å². The molecular weight excluding hydrogens is 234 g/mol. The lowest BCUT2D eigenvalue weighted by atomic mass is 10.2. The van der Waals surface area contributed by atoms with Crippen molar-refractivity contribution in [1.82, 2.24) is 4.98 Å². The van der Waals surface area contributed by atoms with Crippen molar-refractivity contribution in [3.8, 4) is 0 Å². The molecule has 1 N–H and O–H groups in total. The zero-order valence-corrected chi connectivity index (χ0v) is 11.0. The highest BCUT2D eigenvalue weighted by Gasteiger charge is 2.06. The molecule has 3 aromatic rings. The van der Waals surface area contributed by atoms with Crippen molar-refractivity contribution in [2.75, 3.05) is 0 Å². The molecule has 0 bridgehead atoms. The molecule has 3 rings (SSSR count). The van der Waals surface area contributed by atoms with Gasteiger partial charge in [0.25, 0.3) is 0 Å². The van der Waals surface area contributed by atoms with Gasteiger partial charge in [0.1, 0.15) is 5.69 Å². The maximum Gasteiger partial charge on any atom is 0.114 e. The average Bonchev–Trinajstić information content (AvgIpc) is 2.72. The minimum Gasteiger partial charge on any atom is -0.357 e. The van der Waals surface area contributed by atoms with Crippen LogP contribution in [0.5, 0.6) is 0 Å². The number of aromatic amines is 1. The van der Waals surface area contributed by atoms with E-state index in [1.54, 1.807) is 0 Å². The number of benzene rings is 2. The summed E-state index contributed by atoms with van der Waals surface area (Å²) in [7, 11) is 0. The Bertz CT molecular complexity index is 754. The van der Waals surface area contributed by atoms with Gasteiger partial charge >= 0.3 is 0 Å². The van der Waals surface area contributed by atoms with Crippen LogP contribution in [0.1, 0.15) is 11.3 Å². The third kappa shape index (κ3) is 2.27. The van der Waals surface area contributed by atoms with E-state index in [1.807, 2.05) is 43.3 Å². The summed E-state index contributed by atoms with van der Waals surface area (Å²) in [6, 6.07) is 16.2. The molecule has 1 heterocycles. The Morgan fingerprint density at radius 3 is 2.58 bits per heavy atom. The third-order valence-corrected chi connectivity index (χ3v) is 3.13. The molecule has 0 aliphatic rings. The second-order valence-electron chi connectivity index (χ2n) is 4.68. The molecule has 0 unspecified atom stereocenters. The number of aryl methyl sites for hydroxylation is 2. The molecule has 0 saturated carbocycles. The lowest BCUT2D eigenvalue weighted by molar-refractivity contribution is 1.19. The van der Waals surface area contributed by atoms with Gasteiger partial charge in [-0.25, -0.2) is 0 Å². The molecule has 1 aromatic heterocycles. The van der Waals surface area contributed by atoms with Crippen molar-refractivity contribution in [2.24, 2.45) is 10.2 Å².